The van der Waals surface area contributed by atoms with Crippen LogP contribution in [0, 0.1) is 6.92 Å². The van der Waals surface area contributed by atoms with Gasteiger partial charge in [-0.15, -0.1) is 12.4 Å². The van der Waals surface area contributed by atoms with Gasteiger partial charge in [0.1, 0.15) is 0 Å². The van der Waals surface area contributed by atoms with E-state index in [1.54, 1.807) is 13.4 Å². The van der Waals surface area contributed by atoms with Crippen molar-refractivity contribution in [2.24, 2.45) is 10.7 Å². The summed E-state index contributed by atoms with van der Waals surface area (Å²) in [7, 11) is 1.67. The van der Waals surface area contributed by atoms with Crippen LogP contribution in [0.25, 0.3) is 0 Å². The number of aromatic amines is 1. The molecule has 5 nitrogen and oxygen atoms in total. The molecule has 7 heteroatoms. The standard InChI is InChI=1S/C9H17N5S.ClH/c1-7-8(14-6-13-7)5-15-4-3-12-9(10)11-2;/h6H,3-5H2,1-2H3,(H,13,14)(H3,10,11,12);1H. The summed E-state index contributed by atoms with van der Waals surface area (Å²) in [4.78, 5) is 11.1. The Morgan fingerprint density at radius 3 is 3.00 bits per heavy atom. The average molecular weight is 264 g/mol. The van der Waals surface area contributed by atoms with Crippen LogP contribution in [0.4, 0.5) is 0 Å². The fraction of sp³-hybridized carbons (Fsp3) is 0.556. The number of aryl methyl sites for hydroxylation is 1. The molecule has 92 valence electrons. The van der Waals surface area contributed by atoms with Gasteiger partial charge in [-0.05, 0) is 6.92 Å². The smallest absolute Gasteiger partial charge is 0.188 e. The number of H-pyrrole nitrogens is 1. The molecule has 0 aromatic carbocycles. The molecule has 0 aliphatic rings. The molecule has 0 radical (unpaired) electrons. The molecule has 0 aliphatic heterocycles. The Hall–Kier alpha value is -0.880. The van der Waals surface area contributed by atoms with Gasteiger partial charge in [-0.3, -0.25) is 4.99 Å². The van der Waals surface area contributed by atoms with E-state index in [4.69, 9.17) is 5.73 Å². The minimum Gasteiger partial charge on any atom is -0.370 e. The number of thioether (sulfide) groups is 1. The zero-order valence-corrected chi connectivity index (χ0v) is 11.1. The van der Waals surface area contributed by atoms with Crippen LogP contribution in [0.3, 0.4) is 0 Å². The summed E-state index contributed by atoms with van der Waals surface area (Å²) in [6.07, 6.45) is 1.73. The van der Waals surface area contributed by atoms with Crippen molar-refractivity contribution in [1.82, 2.24) is 15.3 Å². The highest BCUT2D eigenvalue weighted by Crippen LogP contribution is 2.11. The van der Waals surface area contributed by atoms with E-state index in [-0.39, 0.29) is 12.4 Å². The fourth-order valence-electron chi connectivity index (χ4n) is 1.03. The van der Waals surface area contributed by atoms with Crippen molar-refractivity contribution < 1.29 is 0 Å². The Kier molecular flexibility index (Phi) is 7.84. The molecule has 1 aromatic heterocycles. The van der Waals surface area contributed by atoms with Gasteiger partial charge in [-0.2, -0.15) is 11.8 Å². The molecule has 16 heavy (non-hydrogen) atoms. The molecule has 0 atom stereocenters. The lowest BCUT2D eigenvalue weighted by Gasteiger charge is -2.03. The van der Waals surface area contributed by atoms with E-state index >= 15 is 0 Å². The number of hydrogen-bond acceptors (Lipinski definition) is 3. The molecule has 0 aliphatic carbocycles. The summed E-state index contributed by atoms with van der Waals surface area (Å²) in [6.45, 7) is 2.86. The van der Waals surface area contributed by atoms with Gasteiger partial charge in [0.25, 0.3) is 0 Å². The van der Waals surface area contributed by atoms with Gasteiger partial charge >= 0.3 is 0 Å². The van der Waals surface area contributed by atoms with Crippen molar-refractivity contribution in [2.45, 2.75) is 12.7 Å². The highest BCUT2D eigenvalue weighted by atomic mass is 35.5. The molecule has 4 N–H and O–H groups in total. The zero-order valence-electron chi connectivity index (χ0n) is 9.49. The third-order valence-electron chi connectivity index (χ3n) is 1.97. The monoisotopic (exact) mass is 263 g/mol. The molecule has 0 saturated carbocycles. The largest absolute Gasteiger partial charge is 0.370 e. The fourth-order valence-corrected chi connectivity index (χ4v) is 1.91. The summed E-state index contributed by atoms with van der Waals surface area (Å²) in [5.41, 5.74) is 7.75. The third kappa shape index (κ3) is 5.27. The first-order valence-electron chi connectivity index (χ1n) is 4.76. The summed E-state index contributed by atoms with van der Waals surface area (Å²) in [6, 6.07) is 0. The maximum Gasteiger partial charge on any atom is 0.188 e. The first kappa shape index (κ1) is 15.1. The quantitative estimate of drug-likeness (QED) is 0.419. The van der Waals surface area contributed by atoms with Crippen LogP contribution in [-0.4, -0.2) is 35.3 Å². The second-order valence-electron chi connectivity index (χ2n) is 3.06. The Morgan fingerprint density at radius 1 is 1.69 bits per heavy atom. The number of aliphatic imine (C=N–C) groups is 1. The lowest BCUT2D eigenvalue weighted by Crippen LogP contribution is -2.32. The van der Waals surface area contributed by atoms with Crippen LogP contribution < -0.4 is 11.1 Å². The third-order valence-corrected chi connectivity index (χ3v) is 2.94. The van der Waals surface area contributed by atoms with Crippen molar-refractivity contribution in [3.05, 3.63) is 17.7 Å². The predicted octanol–water partition coefficient (Wildman–Crippen LogP) is 0.907. The van der Waals surface area contributed by atoms with E-state index in [9.17, 15) is 0 Å². The van der Waals surface area contributed by atoms with Crippen LogP contribution in [0.5, 0.6) is 0 Å². The number of hydrogen-bond donors (Lipinski definition) is 3. The van der Waals surface area contributed by atoms with Crippen molar-refractivity contribution in [2.75, 3.05) is 19.3 Å². The number of aromatic nitrogens is 2. The van der Waals surface area contributed by atoms with Crippen LogP contribution in [0.15, 0.2) is 11.3 Å². The van der Waals surface area contributed by atoms with Gasteiger partial charge in [-0.25, -0.2) is 4.98 Å². The van der Waals surface area contributed by atoms with Gasteiger partial charge in [0.15, 0.2) is 5.96 Å². The number of nitrogens with two attached hydrogens (primary N) is 1. The van der Waals surface area contributed by atoms with Crippen LogP contribution in [-0.2, 0) is 5.75 Å². The topological polar surface area (TPSA) is 79.1 Å². The maximum absolute atomic E-state index is 5.49. The van der Waals surface area contributed by atoms with Crippen LogP contribution >= 0.6 is 24.2 Å². The highest BCUT2D eigenvalue weighted by molar-refractivity contribution is 7.98. The Morgan fingerprint density at radius 2 is 2.44 bits per heavy atom. The molecule has 0 unspecified atom stereocenters. The molecule has 1 heterocycles. The molecular weight excluding hydrogens is 246 g/mol. The summed E-state index contributed by atoms with van der Waals surface area (Å²) >= 11 is 1.82. The van der Waals surface area contributed by atoms with Crippen molar-refractivity contribution >= 4 is 30.1 Å². The highest BCUT2D eigenvalue weighted by Gasteiger charge is 2.00. The lowest BCUT2D eigenvalue weighted by atomic mass is 10.4. The molecule has 1 aromatic rings. The van der Waals surface area contributed by atoms with Gasteiger partial charge in [0.05, 0.1) is 12.0 Å². The molecule has 0 spiro atoms. The summed E-state index contributed by atoms with van der Waals surface area (Å²) in [5, 5.41) is 3.01. The van der Waals surface area contributed by atoms with Crippen molar-refractivity contribution in [3.63, 3.8) is 0 Å². The first-order valence-corrected chi connectivity index (χ1v) is 5.92. The van der Waals surface area contributed by atoms with E-state index in [1.165, 1.54) is 0 Å². The number of imidazole rings is 1. The Balaban J connectivity index is 0.00000225. The van der Waals surface area contributed by atoms with E-state index in [0.29, 0.717) is 5.96 Å². The zero-order chi connectivity index (χ0) is 11.1. The second kappa shape index (κ2) is 8.29. The number of guanidine groups is 1. The summed E-state index contributed by atoms with van der Waals surface area (Å²) < 4.78 is 0. The number of rotatable bonds is 5. The van der Waals surface area contributed by atoms with E-state index < -0.39 is 0 Å². The number of nitrogens with one attached hydrogen (secondary N) is 2. The van der Waals surface area contributed by atoms with Crippen LogP contribution in [0.2, 0.25) is 0 Å². The van der Waals surface area contributed by atoms with Gasteiger partial charge in [-0.1, -0.05) is 0 Å². The van der Waals surface area contributed by atoms with Crippen LogP contribution in [0.1, 0.15) is 11.4 Å². The number of nitrogens with zero attached hydrogens (tertiary/aromatic N) is 2. The minimum absolute atomic E-state index is 0. The van der Waals surface area contributed by atoms with Crippen molar-refractivity contribution in [1.29, 1.82) is 0 Å². The summed E-state index contributed by atoms with van der Waals surface area (Å²) in [5.74, 6) is 2.41. The molecule has 0 fully saturated rings. The minimum atomic E-state index is 0. The Labute approximate surface area is 106 Å². The second-order valence-corrected chi connectivity index (χ2v) is 4.17. The van der Waals surface area contributed by atoms with E-state index in [0.717, 1.165) is 29.4 Å². The van der Waals surface area contributed by atoms with E-state index in [2.05, 4.69) is 20.3 Å². The average Bonchev–Trinajstić information content (AvgIpc) is 2.63. The normalized spacial score (nSPS) is 11.0. The lowest BCUT2D eigenvalue weighted by molar-refractivity contribution is 0.958. The van der Waals surface area contributed by atoms with Gasteiger partial charge in [0, 0.05) is 30.8 Å². The Bertz CT molecular complexity index is 325. The molecular formula is C9H18ClN5S. The molecule has 0 saturated heterocycles. The predicted molar refractivity (Wildman–Crippen MR) is 72.3 cm³/mol. The van der Waals surface area contributed by atoms with E-state index in [1.807, 2.05) is 18.7 Å². The van der Waals surface area contributed by atoms with Crippen molar-refractivity contribution in [3.8, 4) is 0 Å². The maximum atomic E-state index is 5.49. The molecule has 1 rings (SSSR count). The van der Waals surface area contributed by atoms with Gasteiger partial charge in [0.2, 0.25) is 0 Å². The molecule has 0 bridgehead atoms. The number of halogens is 1. The molecule has 0 amide bonds. The van der Waals surface area contributed by atoms with Gasteiger partial charge < -0.3 is 16.0 Å². The first-order chi connectivity index (χ1) is 7.24. The SMILES string of the molecule is CN=C(N)NCCSCc1nc[nH]c1C.Cl.